The summed E-state index contributed by atoms with van der Waals surface area (Å²) in [6, 6.07) is 19.3. The number of nitrogens with zero attached hydrogens (tertiary/aromatic N) is 1. The Labute approximate surface area is 147 Å². The first-order chi connectivity index (χ1) is 12.3. The van der Waals surface area contributed by atoms with Crippen molar-refractivity contribution in [1.82, 2.24) is 5.32 Å². The van der Waals surface area contributed by atoms with Gasteiger partial charge >= 0.3 is 5.97 Å². The summed E-state index contributed by atoms with van der Waals surface area (Å²) in [5, 5.41) is 7.34. The molecule has 5 nitrogen and oxygen atoms in total. The van der Waals surface area contributed by atoms with Gasteiger partial charge in [-0.25, -0.2) is 0 Å². The van der Waals surface area contributed by atoms with E-state index in [1.165, 1.54) is 0 Å². The standard InChI is InChI=1S/C20H22N2O3/c23-20(24-14-16-7-3-1-4-8-16)19-12-11-18(13-21-19)22-25-15-17-9-5-2-6-10-17/h1-10,19,21H,11-15H2. The van der Waals surface area contributed by atoms with Crippen molar-refractivity contribution in [3.8, 4) is 0 Å². The molecule has 2 aromatic carbocycles. The number of carbonyl (C=O) groups is 1. The maximum Gasteiger partial charge on any atom is 0.323 e. The zero-order chi connectivity index (χ0) is 17.3. The second-order valence-electron chi connectivity index (χ2n) is 5.98. The molecule has 1 aliphatic rings. The molecule has 3 rings (SSSR count). The number of hydrogen-bond acceptors (Lipinski definition) is 5. The highest BCUT2D eigenvalue weighted by Crippen LogP contribution is 2.10. The van der Waals surface area contributed by atoms with E-state index in [1.807, 2.05) is 60.7 Å². The fraction of sp³-hybridized carbons (Fsp3) is 0.300. The fourth-order valence-electron chi connectivity index (χ4n) is 2.62. The van der Waals surface area contributed by atoms with Crippen LogP contribution >= 0.6 is 0 Å². The third kappa shape index (κ3) is 5.43. The quantitative estimate of drug-likeness (QED) is 0.650. The van der Waals surface area contributed by atoms with Gasteiger partial charge in [0, 0.05) is 6.54 Å². The van der Waals surface area contributed by atoms with E-state index < -0.39 is 0 Å². The minimum absolute atomic E-state index is 0.215. The van der Waals surface area contributed by atoms with Gasteiger partial charge in [-0.3, -0.25) is 10.1 Å². The molecule has 0 spiro atoms. The molecule has 1 N–H and O–H groups in total. The number of piperidine rings is 1. The summed E-state index contributed by atoms with van der Waals surface area (Å²) in [7, 11) is 0. The first-order valence-corrected chi connectivity index (χ1v) is 8.47. The summed E-state index contributed by atoms with van der Waals surface area (Å²) in [5.74, 6) is -0.215. The number of rotatable bonds is 6. The second kappa shape index (κ2) is 8.99. The van der Waals surface area contributed by atoms with Gasteiger partial charge in [-0.05, 0) is 24.0 Å². The van der Waals surface area contributed by atoms with Crippen molar-refractivity contribution >= 4 is 11.7 Å². The van der Waals surface area contributed by atoms with Crippen LogP contribution in [-0.4, -0.2) is 24.3 Å². The summed E-state index contributed by atoms with van der Waals surface area (Å²) in [5.41, 5.74) is 2.99. The Kier molecular flexibility index (Phi) is 6.17. The number of oxime groups is 1. The SMILES string of the molecule is O=C(OCc1ccccc1)C1CCC(=NOCc2ccccc2)CN1. The molecule has 0 bridgehead atoms. The van der Waals surface area contributed by atoms with Gasteiger partial charge in [-0.2, -0.15) is 0 Å². The molecule has 1 fully saturated rings. The number of ether oxygens (including phenoxy) is 1. The zero-order valence-corrected chi connectivity index (χ0v) is 14.1. The Morgan fingerprint density at radius 3 is 2.24 bits per heavy atom. The van der Waals surface area contributed by atoms with Crippen molar-refractivity contribution in [2.75, 3.05) is 6.54 Å². The maximum atomic E-state index is 12.1. The lowest BCUT2D eigenvalue weighted by Gasteiger charge is -2.23. The largest absolute Gasteiger partial charge is 0.460 e. The van der Waals surface area contributed by atoms with Crippen LogP contribution in [0.1, 0.15) is 24.0 Å². The molecule has 0 aromatic heterocycles. The van der Waals surface area contributed by atoms with Gasteiger partial charge in [0.05, 0.1) is 5.71 Å². The molecule has 1 atom stereocenters. The molecule has 0 amide bonds. The molecular weight excluding hydrogens is 316 g/mol. The molecule has 5 heteroatoms. The van der Waals surface area contributed by atoms with Crippen LogP contribution in [0.5, 0.6) is 0 Å². The topological polar surface area (TPSA) is 59.9 Å². The van der Waals surface area contributed by atoms with Gasteiger partial charge in [0.1, 0.15) is 19.3 Å². The third-order valence-electron chi connectivity index (χ3n) is 4.05. The summed E-state index contributed by atoms with van der Waals surface area (Å²) in [6.07, 6.45) is 1.40. The number of hydrogen-bond donors (Lipinski definition) is 1. The normalized spacial score (nSPS) is 18.7. The van der Waals surface area contributed by atoms with Gasteiger partial charge in [-0.15, -0.1) is 0 Å². The zero-order valence-electron chi connectivity index (χ0n) is 14.1. The number of carbonyl (C=O) groups excluding carboxylic acids is 1. The minimum Gasteiger partial charge on any atom is -0.460 e. The van der Waals surface area contributed by atoms with Crippen molar-refractivity contribution < 1.29 is 14.4 Å². The first-order valence-electron chi connectivity index (χ1n) is 8.47. The van der Waals surface area contributed by atoms with E-state index >= 15 is 0 Å². The summed E-state index contributed by atoms with van der Waals surface area (Å²) < 4.78 is 5.37. The Morgan fingerprint density at radius 2 is 1.64 bits per heavy atom. The molecule has 1 aliphatic heterocycles. The van der Waals surface area contributed by atoms with Gasteiger partial charge in [0.2, 0.25) is 0 Å². The van der Waals surface area contributed by atoms with Crippen LogP contribution in [0.3, 0.4) is 0 Å². The van der Waals surface area contributed by atoms with E-state index in [0.29, 0.717) is 26.2 Å². The molecule has 0 radical (unpaired) electrons. The van der Waals surface area contributed by atoms with Gasteiger partial charge in [-0.1, -0.05) is 65.8 Å². The smallest absolute Gasteiger partial charge is 0.323 e. The number of esters is 1. The average Bonchev–Trinajstić information content (AvgIpc) is 2.68. The predicted molar refractivity (Wildman–Crippen MR) is 95.9 cm³/mol. The van der Waals surface area contributed by atoms with E-state index in [1.54, 1.807) is 0 Å². The lowest BCUT2D eigenvalue weighted by Crippen LogP contribution is -2.45. The maximum absolute atomic E-state index is 12.1. The minimum atomic E-state index is -0.281. The Bertz CT molecular complexity index is 691. The van der Waals surface area contributed by atoms with E-state index in [9.17, 15) is 4.79 Å². The average molecular weight is 338 g/mol. The Balaban J connectivity index is 1.39. The van der Waals surface area contributed by atoms with Crippen LogP contribution in [0.15, 0.2) is 65.8 Å². The lowest BCUT2D eigenvalue weighted by atomic mass is 10.0. The van der Waals surface area contributed by atoms with Gasteiger partial charge in [0.25, 0.3) is 0 Å². The van der Waals surface area contributed by atoms with Crippen molar-refractivity contribution in [1.29, 1.82) is 0 Å². The van der Waals surface area contributed by atoms with Crippen molar-refractivity contribution in [3.63, 3.8) is 0 Å². The Morgan fingerprint density at radius 1 is 1.00 bits per heavy atom. The highest BCUT2D eigenvalue weighted by atomic mass is 16.6. The summed E-state index contributed by atoms with van der Waals surface area (Å²) >= 11 is 0. The van der Waals surface area contributed by atoms with Crippen molar-refractivity contribution in [2.45, 2.75) is 32.1 Å². The third-order valence-corrected chi connectivity index (χ3v) is 4.05. The van der Waals surface area contributed by atoms with E-state index in [4.69, 9.17) is 9.57 Å². The van der Waals surface area contributed by atoms with E-state index in [-0.39, 0.29) is 12.0 Å². The van der Waals surface area contributed by atoms with Gasteiger partial charge < -0.3 is 9.57 Å². The molecule has 130 valence electrons. The lowest BCUT2D eigenvalue weighted by molar-refractivity contribution is -0.147. The van der Waals surface area contributed by atoms with Crippen LogP contribution in [0, 0.1) is 0 Å². The van der Waals surface area contributed by atoms with Crippen LogP contribution in [-0.2, 0) is 27.6 Å². The molecule has 0 saturated carbocycles. The van der Waals surface area contributed by atoms with Gasteiger partial charge in [0.15, 0.2) is 0 Å². The van der Waals surface area contributed by atoms with E-state index in [0.717, 1.165) is 23.3 Å². The molecule has 2 aromatic rings. The highest BCUT2D eigenvalue weighted by Gasteiger charge is 2.25. The molecule has 1 unspecified atom stereocenters. The van der Waals surface area contributed by atoms with Crippen LogP contribution < -0.4 is 5.32 Å². The summed E-state index contributed by atoms with van der Waals surface area (Å²) in [4.78, 5) is 17.5. The molecule has 0 aliphatic carbocycles. The number of nitrogens with one attached hydrogen (secondary N) is 1. The van der Waals surface area contributed by atoms with Crippen LogP contribution in [0.4, 0.5) is 0 Å². The van der Waals surface area contributed by atoms with Crippen molar-refractivity contribution in [2.24, 2.45) is 5.16 Å². The van der Waals surface area contributed by atoms with Crippen molar-refractivity contribution in [3.05, 3.63) is 71.8 Å². The fourth-order valence-corrected chi connectivity index (χ4v) is 2.62. The Hall–Kier alpha value is -2.66. The molecule has 25 heavy (non-hydrogen) atoms. The summed E-state index contributed by atoms with van der Waals surface area (Å²) in [6.45, 7) is 1.30. The predicted octanol–water partition coefficient (Wildman–Crippen LogP) is 3.05. The molecule has 1 heterocycles. The highest BCUT2D eigenvalue weighted by molar-refractivity contribution is 5.89. The molecular formula is C20H22N2O3. The molecule has 1 saturated heterocycles. The monoisotopic (exact) mass is 338 g/mol. The first kappa shape index (κ1) is 17.2. The van der Waals surface area contributed by atoms with Crippen LogP contribution in [0.2, 0.25) is 0 Å². The number of benzene rings is 2. The van der Waals surface area contributed by atoms with E-state index in [2.05, 4.69) is 10.5 Å². The second-order valence-corrected chi connectivity index (χ2v) is 5.98. The van der Waals surface area contributed by atoms with Crippen LogP contribution in [0.25, 0.3) is 0 Å².